The average molecular weight is 380 g/mol. The molecule has 9 heteroatoms. The van der Waals surface area contributed by atoms with Gasteiger partial charge in [-0.3, -0.25) is 19.5 Å². The molecule has 0 unspecified atom stereocenters. The minimum atomic E-state index is -0.538. The molecule has 2 aromatic rings. The van der Waals surface area contributed by atoms with Crippen LogP contribution in [0.3, 0.4) is 0 Å². The van der Waals surface area contributed by atoms with Crippen molar-refractivity contribution in [3.8, 4) is 0 Å². The lowest BCUT2D eigenvalue weighted by Gasteiger charge is -2.10. The van der Waals surface area contributed by atoms with Crippen LogP contribution >= 0.6 is 23.1 Å². The van der Waals surface area contributed by atoms with Crippen molar-refractivity contribution in [3.05, 3.63) is 33.4 Å². The van der Waals surface area contributed by atoms with E-state index in [0.717, 1.165) is 22.2 Å². The Morgan fingerprint density at radius 1 is 1.40 bits per heavy atom. The Morgan fingerprint density at radius 3 is 2.76 bits per heavy atom. The predicted molar refractivity (Wildman–Crippen MR) is 101 cm³/mol. The lowest BCUT2D eigenvalue weighted by Crippen LogP contribution is -2.40. The number of imide groups is 1. The first-order valence-corrected chi connectivity index (χ1v) is 9.51. The number of hydrogen-bond donors (Lipinski definition) is 2. The number of thiophene rings is 1. The molecule has 2 heterocycles. The molecular formula is C16H20N4O3S2. The van der Waals surface area contributed by atoms with Gasteiger partial charge in [0.1, 0.15) is 4.83 Å². The van der Waals surface area contributed by atoms with Gasteiger partial charge in [0.15, 0.2) is 5.16 Å². The maximum absolute atomic E-state index is 12.8. The number of carbonyl (C=O) groups is 2. The van der Waals surface area contributed by atoms with E-state index in [0.29, 0.717) is 28.5 Å². The summed E-state index contributed by atoms with van der Waals surface area (Å²) < 4.78 is 1.50. The van der Waals surface area contributed by atoms with Crippen LogP contribution in [0.5, 0.6) is 0 Å². The second kappa shape index (κ2) is 8.30. The number of nitrogens with one attached hydrogen (secondary N) is 2. The molecular weight excluding hydrogens is 360 g/mol. The quantitative estimate of drug-likeness (QED) is 0.455. The SMILES string of the molecule is C=CCn1c(SCC(=O)NC(=O)NCC)nc2sc(C)c(C)c2c1=O. The lowest BCUT2D eigenvalue weighted by molar-refractivity contribution is -0.117. The number of urea groups is 1. The highest BCUT2D eigenvalue weighted by Gasteiger charge is 2.17. The molecule has 3 amide bonds. The monoisotopic (exact) mass is 380 g/mol. The third-order valence-corrected chi connectivity index (χ3v) is 5.57. The Kier molecular flexibility index (Phi) is 6.38. The second-order valence-corrected chi connectivity index (χ2v) is 7.40. The molecule has 0 saturated heterocycles. The summed E-state index contributed by atoms with van der Waals surface area (Å²) in [6.07, 6.45) is 1.61. The molecule has 0 bridgehead atoms. The van der Waals surface area contributed by atoms with Crippen molar-refractivity contribution in [3.63, 3.8) is 0 Å². The first kappa shape index (κ1) is 19.2. The molecule has 0 atom stereocenters. The summed E-state index contributed by atoms with van der Waals surface area (Å²) in [7, 11) is 0. The molecule has 2 aromatic heterocycles. The third kappa shape index (κ3) is 4.29. The number of aromatic nitrogens is 2. The second-order valence-electron chi connectivity index (χ2n) is 5.26. The number of fused-ring (bicyclic) bond motifs is 1. The zero-order valence-corrected chi connectivity index (χ0v) is 16.0. The lowest BCUT2D eigenvalue weighted by atomic mass is 10.2. The van der Waals surface area contributed by atoms with Crippen molar-refractivity contribution in [2.75, 3.05) is 12.3 Å². The van der Waals surface area contributed by atoms with E-state index in [1.54, 1.807) is 13.0 Å². The van der Waals surface area contributed by atoms with Crippen LogP contribution < -0.4 is 16.2 Å². The van der Waals surface area contributed by atoms with E-state index in [1.807, 2.05) is 13.8 Å². The fourth-order valence-electron chi connectivity index (χ4n) is 2.21. The molecule has 2 rings (SSSR count). The van der Waals surface area contributed by atoms with E-state index < -0.39 is 11.9 Å². The number of rotatable bonds is 6. The maximum Gasteiger partial charge on any atom is 0.321 e. The van der Waals surface area contributed by atoms with Gasteiger partial charge in [0.25, 0.3) is 5.56 Å². The van der Waals surface area contributed by atoms with Gasteiger partial charge in [-0.05, 0) is 26.3 Å². The van der Waals surface area contributed by atoms with Crippen LogP contribution in [0.15, 0.2) is 22.6 Å². The highest BCUT2D eigenvalue weighted by atomic mass is 32.2. The van der Waals surface area contributed by atoms with Crippen molar-refractivity contribution in [2.45, 2.75) is 32.5 Å². The standard InChI is InChI=1S/C16H20N4O3S2/c1-5-7-20-14(22)12-9(3)10(4)25-13(12)19-16(20)24-8-11(21)18-15(23)17-6-2/h5H,1,6-8H2,2-4H3,(H2,17,18,21,23). The molecule has 2 N–H and O–H groups in total. The summed E-state index contributed by atoms with van der Waals surface area (Å²) in [5.41, 5.74) is 0.791. The summed E-state index contributed by atoms with van der Waals surface area (Å²) in [6, 6.07) is -0.538. The third-order valence-electron chi connectivity index (χ3n) is 3.49. The van der Waals surface area contributed by atoms with Crippen LogP contribution in [0.4, 0.5) is 4.79 Å². The fourth-order valence-corrected chi connectivity index (χ4v) is 4.09. The Morgan fingerprint density at radius 2 is 2.12 bits per heavy atom. The molecule has 7 nitrogen and oxygen atoms in total. The van der Waals surface area contributed by atoms with E-state index in [2.05, 4.69) is 22.2 Å². The van der Waals surface area contributed by atoms with Crippen LogP contribution in [-0.2, 0) is 11.3 Å². The molecule has 134 valence electrons. The minimum Gasteiger partial charge on any atom is -0.338 e. The first-order chi connectivity index (χ1) is 11.9. The highest BCUT2D eigenvalue weighted by Crippen LogP contribution is 2.28. The van der Waals surface area contributed by atoms with Gasteiger partial charge in [0, 0.05) is 18.0 Å². The van der Waals surface area contributed by atoms with Crippen molar-refractivity contribution in [2.24, 2.45) is 0 Å². The zero-order chi connectivity index (χ0) is 18.6. The number of amides is 3. The van der Waals surface area contributed by atoms with Crippen LogP contribution in [-0.4, -0.2) is 33.8 Å². The average Bonchev–Trinajstić information content (AvgIpc) is 2.83. The number of aryl methyl sites for hydroxylation is 2. The molecule has 0 radical (unpaired) electrons. The summed E-state index contributed by atoms with van der Waals surface area (Å²) >= 11 is 2.58. The molecule has 0 aliphatic rings. The van der Waals surface area contributed by atoms with Crippen molar-refractivity contribution in [1.82, 2.24) is 20.2 Å². The van der Waals surface area contributed by atoms with Crippen LogP contribution in [0.25, 0.3) is 10.2 Å². The van der Waals surface area contributed by atoms with E-state index in [-0.39, 0.29) is 11.3 Å². The van der Waals surface area contributed by atoms with E-state index in [4.69, 9.17) is 0 Å². The molecule has 0 spiro atoms. The van der Waals surface area contributed by atoms with Gasteiger partial charge < -0.3 is 5.32 Å². The molecule has 25 heavy (non-hydrogen) atoms. The zero-order valence-electron chi connectivity index (χ0n) is 14.3. The Hall–Kier alpha value is -2.13. The molecule has 0 aliphatic carbocycles. The summed E-state index contributed by atoms with van der Waals surface area (Å²) in [4.78, 5) is 42.2. The van der Waals surface area contributed by atoms with Gasteiger partial charge in [0.2, 0.25) is 5.91 Å². The first-order valence-electron chi connectivity index (χ1n) is 7.70. The van der Waals surface area contributed by atoms with Crippen LogP contribution in [0.2, 0.25) is 0 Å². The van der Waals surface area contributed by atoms with Gasteiger partial charge in [-0.1, -0.05) is 17.8 Å². The summed E-state index contributed by atoms with van der Waals surface area (Å²) in [6.45, 7) is 10.0. The smallest absolute Gasteiger partial charge is 0.321 e. The maximum atomic E-state index is 12.8. The van der Waals surface area contributed by atoms with Gasteiger partial charge in [-0.15, -0.1) is 17.9 Å². The van der Waals surface area contributed by atoms with Crippen LogP contribution in [0.1, 0.15) is 17.4 Å². The van der Waals surface area contributed by atoms with E-state index in [9.17, 15) is 14.4 Å². The topological polar surface area (TPSA) is 93.1 Å². The fraction of sp³-hybridized carbons (Fsp3) is 0.375. The number of hydrogen-bond acceptors (Lipinski definition) is 6. The highest BCUT2D eigenvalue weighted by molar-refractivity contribution is 7.99. The minimum absolute atomic E-state index is 0.0183. The molecule has 0 saturated carbocycles. The van der Waals surface area contributed by atoms with Crippen molar-refractivity contribution < 1.29 is 9.59 Å². The summed E-state index contributed by atoms with van der Waals surface area (Å²) in [5.74, 6) is -0.468. The van der Waals surface area contributed by atoms with Gasteiger partial charge in [0.05, 0.1) is 11.1 Å². The normalized spacial score (nSPS) is 10.7. The van der Waals surface area contributed by atoms with Gasteiger partial charge in [-0.25, -0.2) is 9.78 Å². The largest absolute Gasteiger partial charge is 0.338 e. The molecule has 0 fully saturated rings. The van der Waals surface area contributed by atoms with Crippen LogP contribution in [0, 0.1) is 13.8 Å². The summed E-state index contributed by atoms with van der Waals surface area (Å²) in [5, 5.41) is 5.76. The van der Waals surface area contributed by atoms with Crippen molar-refractivity contribution in [1.29, 1.82) is 0 Å². The van der Waals surface area contributed by atoms with E-state index in [1.165, 1.54) is 15.9 Å². The Labute approximate surface area is 153 Å². The molecule has 0 aliphatic heterocycles. The number of allylic oxidation sites excluding steroid dienone is 1. The number of carbonyl (C=O) groups excluding carboxylic acids is 2. The number of nitrogens with zero attached hydrogens (tertiary/aromatic N) is 2. The van der Waals surface area contributed by atoms with E-state index >= 15 is 0 Å². The van der Waals surface area contributed by atoms with Gasteiger partial charge in [-0.2, -0.15) is 0 Å². The Bertz CT molecular complexity index is 886. The van der Waals surface area contributed by atoms with Gasteiger partial charge >= 0.3 is 6.03 Å². The van der Waals surface area contributed by atoms with Crippen molar-refractivity contribution >= 4 is 45.3 Å². The predicted octanol–water partition coefficient (Wildman–Crippen LogP) is 2.20. The Balaban J connectivity index is 2.29. The number of thioether (sulfide) groups is 1. The molecule has 0 aromatic carbocycles.